The van der Waals surface area contributed by atoms with Crippen molar-refractivity contribution in [3.8, 4) is 0 Å². The number of imide groups is 1. The maximum Gasteiger partial charge on any atom is 0.490 e. The van der Waals surface area contributed by atoms with Crippen LogP contribution in [0.2, 0.25) is 0 Å². The molecule has 8 nitrogen and oxygen atoms in total. The van der Waals surface area contributed by atoms with E-state index in [1.165, 1.54) is 0 Å². The fourth-order valence-corrected chi connectivity index (χ4v) is 1.46. The maximum atomic E-state index is 11.9. The van der Waals surface area contributed by atoms with Gasteiger partial charge < -0.3 is 10.1 Å². The van der Waals surface area contributed by atoms with E-state index in [1.807, 2.05) is 0 Å². The van der Waals surface area contributed by atoms with Crippen molar-refractivity contribution in [3.63, 3.8) is 0 Å². The van der Waals surface area contributed by atoms with E-state index in [0.717, 1.165) is 17.1 Å². The van der Waals surface area contributed by atoms with Crippen molar-refractivity contribution < 1.29 is 37.1 Å². The number of nitrogens with two attached hydrogens (primary N) is 1. The smallest absolute Gasteiger partial charge is 0.440 e. The van der Waals surface area contributed by atoms with Crippen molar-refractivity contribution in [2.24, 2.45) is 5.73 Å². The highest BCUT2D eigenvalue weighted by Gasteiger charge is 2.42. The molecule has 0 radical (unpaired) electrons. The van der Waals surface area contributed by atoms with Crippen LogP contribution in [0.15, 0.2) is 12.2 Å². The SMILES string of the molecule is NC(CC(=O)NCCN1C(=O)C=CC1=O)OC(=O)C(F)(F)F. The molecule has 0 bridgehead atoms. The summed E-state index contributed by atoms with van der Waals surface area (Å²) in [5, 5.41) is 2.23. The van der Waals surface area contributed by atoms with Gasteiger partial charge in [0.05, 0.1) is 6.42 Å². The number of alkyl halides is 3. The molecule has 1 heterocycles. The lowest BCUT2D eigenvalue weighted by Crippen LogP contribution is -2.41. The number of carbonyl (C=O) groups is 4. The van der Waals surface area contributed by atoms with E-state index in [4.69, 9.17) is 5.73 Å². The summed E-state index contributed by atoms with van der Waals surface area (Å²) in [5.41, 5.74) is 5.08. The minimum atomic E-state index is -5.20. The third-order valence-electron chi connectivity index (χ3n) is 2.43. The van der Waals surface area contributed by atoms with Crippen LogP contribution in [0.5, 0.6) is 0 Å². The summed E-state index contributed by atoms with van der Waals surface area (Å²) >= 11 is 0. The van der Waals surface area contributed by atoms with Crippen molar-refractivity contribution in [2.45, 2.75) is 18.8 Å². The Morgan fingerprint density at radius 1 is 1.27 bits per heavy atom. The Hall–Kier alpha value is -2.43. The van der Waals surface area contributed by atoms with Gasteiger partial charge in [0.15, 0.2) is 6.23 Å². The summed E-state index contributed by atoms with van der Waals surface area (Å²) in [5.74, 6) is -4.35. The van der Waals surface area contributed by atoms with Gasteiger partial charge in [0.2, 0.25) is 5.91 Å². The number of nitrogens with one attached hydrogen (secondary N) is 1. The van der Waals surface area contributed by atoms with Gasteiger partial charge in [-0.25, -0.2) is 4.79 Å². The number of nitrogens with zero attached hydrogens (tertiary/aromatic N) is 1. The summed E-state index contributed by atoms with van der Waals surface area (Å²) in [6, 6.07) is 0. The number of ether oxygens (including phenoxy) is 1. The van der Waals surface area contributed by atoms with Crippen molar-refractivity contribution in [3.05, 3.63) is 12.2 Å². The number of hydrogen-bond acceptors (Lipinski definition) is 6. The first-order valence-corrected chi connectivity index (χ1v) is 5.95. The molecule has 1 atom stereocenters. The molecule has 0 fully saturated rings. The van der Waals surface area contributed by atoms with E-state index in [0.29, 0.717) is 0 Å². The van der Waals surface area contributed by atoms with Gasteiger partial charge in [0, 0.05) is 25.2 Å². The average Bonchev–Trinajstić information content (AvgIpc) is 2.68. The van der Waals surface area contributed by atoms with Crippen LogP contribution in [0.3, 0.4) is 0 Å². The molecule has 0 aromatic rings. The van der Waals surface area contributed by atoms with Crippen LogP contribution in [-0.2, 0) is 23.9 Å². The molecule has 1 aliphatic heterocycles. The quantitative estimate of drug-likeness (QED) is 0.360. The molecule has 0 spiro atoms. The third-order valence-corrected chi connectivity index (χ3v) is 2.43. The number of hydrogen-bond donors (Lipinski definition) is 2. The molecule has 122 valence electrons. The lowest BCUT2D eigenvalue weighted by atomic mass is 10.3. The van der Waals surface area contributed by atoms with Crippen LogP contribution < -0.4 is 11.1 Å². The molecule has 11 heteroatoms. The van der Waals surface area contributed by atoms with E-state index in [9.17, 15) is 32.3 Å². The minimum absolute atomic E-state index is 0.103. The predicted molar refractivity (Wildman–Crippen MR) is 63.6 cm³/mol. The number of halogens is 3. The summed E-state index contributed by atoms with van der Waals surface area (Å²) in [6.45, 7) is -0.216. The van der Waals surface area contributed by atoms with Gasteiger partial charge in [-0.2, -0.15) is 13.2 Å². The molecule has 0 aliphatic carbocycles. The van der Waals surface area contributed by atoms with E-state index < -0.39 is 42.5 Å². The molecule has 1 unspecified atom stereocenters. The Morgan fingerprint density at radius 2 is 1.82 bits per heavy atom. The second-order valence-corrected chi connectivity index (χ2v) is 4.16. The van der Waals surface area contributed by atoms with Crippen LogP contribution in [0.4, 0.5) is 13.2 Å². The van der Waals surface area contributed by atoms with Crippen LogP contribution >= 0.6 is 0 Å². The zero-order chi connectivity index (χ0) is 16.9. The first-order valence-electron chi connectivity index (χ1n) is 5.95. The Bertz CT molecular complexity index is 500. The molecular weight excluding hydrogens is 311 g/mol. The number of amides is 3. The van der Waals surface area contributed by atoms with Gasteiger partial charge in [-0.15, -0.1) is 0 Å². The van der Waals surface area contributed by atoms with Gasteiger partial charge in [-0.05, 0) is 0 Å². The number of rotatable bonds is 6. The Labute approximate surface area is 122 Å². The Morgan fingerprint density at radius 3 is 2.32 bits per heavy atom. The predicted octanol–water partition coefficient (Wildman–Crippen LogP) is -1.19. The van der Waals surface area contributed by atoms with Gasteiger partial charge in [-0.1, -0.05) is 0 Å². The van der Waals surface area contributed by atoms with Gasteiger partial charge in [0.1, 0.15) is 0 Å². The molecular formula is C11H12F3N3O5. The highest BCUT2D eigenvalue weighted by molar-refractivity contribution is 6.12. The van der Waals surface area contributed by atoms with E-state index in [2.05, 4.69) is 10.1 Å². The fraction of sp³-hybridized carbons (Fsp3) is 0.455. The van der Waals surface area contributed by atoms with Gasteiger partial charge in [-0.3, -0.25) is 25.0 Å². The summed E-state index contributed by atoms with van der Waals surface area (Å²) in [7, 11) is 0. The lowest BCUT2D eigenvalue weighted by Gasteiger charge is -2.16. The maximum absolute atomic E-state index is 11.9. The van der Waals surface area contributed by atoms with Crippen LogP contribution in [0.25, 0.3) is 0 Å². The molecule has 22 heavy (non-hydrogen) atoms. The minimum Gasteiger partial charge on any atom is -0.440 e. The average molecular weight is 323 g/mol. The second kappa shape index (κ2) is 7.02. The van der Waals surface area contributed by atoms with E-state index >= 15 is 0 Å². The summed E-state index contributed by atoms with van der Waals surface area (Å²) < 4.78 is 39.5. The number of esters is 1. The molecule has 3 N–H and O–H groups in total. The summed E-state index contributed by atoms with van der Waals surface area (Å²) in [4.78, 5) is 45.0. The molecule has 0 saturated carbocycles. The molecule has 0 aromatic heterocycles. The van der Waals surface area contributed by atoms with Crippen LogP contribution in [0.1, 0.15) is 6.42 Å². The van der Waals surface area contributed by atoms with E-state index in [-0.39, 0.29) is 13.1 Å². The molecule has 0 saturated heterocycles. The zero-order valence-electron chi connectivity index (χ0n) is 11.1. The van der Waals surface area contributed by atoms with Crippen molar-refractivity contribution in [1.29, 1.82) is 0 Å². The second-order valence-electron chi connectivity index (χ2n) is 4.16. The Kier molecular flexibility index (Phi) is 5.63. The van der Waals surface area contributed by atoms with Crippen molar-refractivity contribution in [2.75, 3.05) is 13.1 Å². The first-order chi connectivity index (χ1) is 10.1. The monoisotopic (exact) mass is 323 g/mol. The fourth-order valence-electron chi connectivity index (χ4n) is 1.46. The molecule has 1 aliphatic rings. The van der Waals surface area contributed by atoms with Crippen LogP contribution in [-0.4, -0.2) is 54.1 Å². The Balaban J connectivity index is 2.27. The lowest BCUT2D eigenvalue weighted by molar-refractivity contribution is -0.204. The topological polar surface area (TPSA) is 119 Å². The molecule has 1 rings (SSSR count). The number of carbonyl (C=O) groups excluding carboxylic acids is 4. The van der Waals surface area contributed by atoms with Crippen molar-refractivity contribution in [1.82, 2.24) is 10.2 Å². The molecule has 3 amide bonds. The first kappa shape index (κ1) is 17.6. The molecule has 0 aromatic carbocycles. The summed E-state index contributed by atoms with van der Waals surface area (Å²) in [6.07, 6.45) is -5.52. The standard InChI is InChI=1S/C11H12F3N3O5/c12-11(13,14)10(21)22-6(15)5-7(18)16-3-4-17-8(19)1-2-9(17)20/h1-2,6H,3-5,15H2,(H,16,18). The highest BCUT2D eigenvalue weighted by atomic mass is 19.4. The van der Waals surface area contributed by atoms with Gasteiger partial charge in [0.25, 0.3) is 11.8 Å². The zero-order valence-corrected chi connectivity index (χ0v) is 11.1. The van der Waals surface area contributed by atoms with Crippen molar-refractivity contribution >= 4 is 23.7 Å². The highest BCUT2D eigenvalue weighted by Crippen LogP contribution is 2.17. The third kappa shape index (κ3) is 5.16. The largest absolute Gasteiger partial charge is 0.490 e. The normalized spacial score (nSPS) is 15.9. The van der Waals surface area contributed by atoms with Gasteiger partial charge >= 0.3 is 12.1 Å². The van der Waals surface area contributed by atoms with Crippen LogP contribution in [0, 0.1) is 0 Å². The van der Waals surface area contributed by atoms with E-state index in [1.54, 1.807) is 0 Å².